The van der Waals surface area contributed by atoms with Crippen LogP contribution in [0.25, 0.3) is 0 Å². The van der Waals surface area contributed by atoms with Gasteiger partial charge in [0.2, 0.25) is 0 Å². The number of carbonyl (C=O) groups excluding carboxylic acids is 1. The highest BCUT2D eigenvalue weighted by Gasteiger charge is 2.57. The Kier molecular flexibility index (Phi) is 3.16. The number of hydrogen-bond acceptors (Lipinski definition) is 3. The third-order valence-corrected chi connectivity index (χ3v) is 2.54. The summed E-state index contributed by atoms with van der Waals surface area (Å²) in [4.78, 5) is 11.4. The molecule has 3 heteroatoms. The molecule has 0 amide bonds. The van der Waals surface area contributed by atoms with E-state index in [0.29, 0.717) is 6.61 Å². The quantitative estimate of drug-likeness (QED) is 0.441. The lowest BCUT2D eigenvalue weighted by Crippen LogP contribution is -2.18. The number of epoxide rings is 1. The first kappa shape index (κ1) is 11.7. The van der Waals surface area contributed by atoms with E-state index >= 15 is 0 Å². The number of hydrogen-bond donors (Lipinski definition) is 0. The van der Waals surface area contributed by atoms with Gasteiger partial charge in [0, 0.05) is 5.56 Å². The Balaban J connectivity index is 2.02. The Bertz CT molecular complexity index is 469. The van der Waals surface area contributed by atoms with Crippen molar-refractivity contribution in [3.63, 3.8) is 0 Å². The van der Waals surface area contributed by atoms with E-state index < -0.39 is 11.7 Å². The molecular formula is C14H14O3. The van der Waals surface area contributed by atoms with E-state index in [-0.39, 0.29) is 5.97 Å². The van der Waals surface area contributed by atoms with Gasteiger partial charge in [-0.25, -0.2) is 4.79 Å². The molecule has 17 heavy (non-hydrogen) atoms. The van der Waals surface area contributed by atoms with E-state index in [9.17, 15) is 4.79 Å². The van der Waals surface area contributed by atoms with Crippen molar-refractivity contribution in [1.29, 1.82) is 0 Å². The van der Waals surface area contributed by atoms with E-state index in [0.717, 1.165) is 5.56 Å². The molecule has 1 heterocycles. The maximum absolute atomic E-state index is 11.4. The highest BCUT2D eigenvalue weighted by Crippen LogP contribution is 2.36. The molecule has 2 rings (SSSR count). The predicted octanol–water partition coefficient (Wildman–Crippen LogP) is 1.76. The molecule has 0 radical (unpaired) electrons. The molecule has 0 saturated carbocycles. The molecule has 0 aromatic heterocycles. The van der Waals surface area contributed by atoms with E-state index in [1.807, 2.05) is 30.3 Å². The minimum atomic E-state index is -0.692. The lowest BCUT2D eigenvalue weighted by Gasteiger charge is -1.97. The molecule has 0 bridgehead atoms. The van der Waals surface area contributed by atoms with Crippen molar-refractivity contribution >= 4 is 5.97 Å². The first-order valence-electron chi connectivity index (χ1n) is 5.58. The highest BCUT2D eigenvalue weighted by molar-refractivity contribution is 5.80. The van der Waals surface area contributed by atoms with Crippen molar-refractivity contribution in [2.45, 2.75) is 25.6 Å². The van der Waals surface area contributed by atoms with E-state index in [4.69, 9.17) is 9.47 Å². The number of ether oxygens (including phenoxy) is 2. The summed E-state index contributed by atoms with van der Waals surface area (Å²) in [6.45, 7) is 3.93. The van der Waals surface area contributed by atoms with Gasteiger partial charge in [-0.2, -0.15) is 0 Å². The summed E-state index contributed by atoms with van der Waals surface area (Å²) < 4.78 is 10.2. The fourth-order valence-electron chi connectivity index (χ4n) is 1.51. The second-order valence-electron chi connectivity index (χ2n) is 3.97. The average Bonchev–Trinajstić information content (AvgIpc) is 3.02. The Morgan fingerprint density at radius 1 is 1.47 bits per heavy atom. The number of carbonyl (C=O) groups is 1. The van der Waals surface area contributed by atoms with Crippen molar-refractivity contribution in [2.24, 2.45) is 0 Å². The summed E-state index contributed by atoms with van der Waals surface area (Å²) in [5, 5.41) is 0. The van der Waals surface area contributed by atoms with Crippen LogP contribution in [0.4, 0.5) is 0 Å². The molecule has 1 saturated heterocycles. The molecule has 3 nitrogen and oxygen atoms in total. The van der Waals surface area contributed by atoms with Crippen molar-refractivity contribution in [2.75, 3.05) is 6.61 Å². The van der Waals surface area contributed by atoms with Crippen LogP contribution in [0.2, 0.25) is 0 Å². The summed E-state index contributed by atoms with van der Waals surface area (Å²) in [5.74, 6) is 5.62. The third kappa shape index (κ3) is 2.66. The Hall–Kier alpha value is -1.79. The SMILES string of the molecule is CCOC(=O)[C@H]1O[C@]1(C)C#Cc1ccccc1. The molecule has 1 aliphatic heterocycles. The van der Waals surface area contributed by atoms with Gasteiger partial charge in [-0.15, -0.1) is 0 Å². The molecule has 0 unspecified atom stereocenters. The van der Waals surface area contributed by atoms with Crippen LogP contribution >= 0.6 is 0 Å². The minimum absolute atomic E-state index is 0.336. The largest absolute Gasteiger partial charge is 0.464 e. The smallest absolute Gasteiger partial charge is 0.339 e. The zero-order valence-corrected chi connectivity index (χ0v) is 9.90. The summed E-state index contributed by atoms with van der Waals surface area (Å²) >= 11 is 0. The lowest BCUT2D eigenvalue weighted by atomic mass is 10.1. The first-order valence-corrected chi connectivity index (χ1v) is 5.58. The van der Waals surface area contributed by atoms with Crippen LogP contribution < -0.4 is 0 Å². The second kappa shape index (κ2) is 4.60. The monoisotopic (exact) mass is 230 g/mol. The fourth-order valence-corrected chi connectivity index (χ4v) is 1.51. The first-order chi connectivity index (χ1) is 8.15. The van der Waals surface area contributed by atoms with E-state index in [1.54, 1.807) is 13.8 Å². The molecule has 1 aliphatic rings. The van der Waals surface area contributed by atoms with Gasteiger partial charge in [0.15, 0.2) is 11.7 Å². The molecule has 0 spiro atoms. The van der Waals surface area contributed by atoms with Gasteiger partial charge in [0.1, 0.15) is 0 Å². The van der Waals surface area contributed by atoms with Crippen molar-refractivity contribution in [3.8, 4) is 11.8 Å². The second-order valence-corrected chi connectivity index (χ2v) is 3.97. The summed E-state index contributed by atoms with van der Waals surface area (Å²) in [7, 11) is 0. The van der Waals surface area contributed by atoms with Crippen molar-refractivity contribution in [1.82, 2.24) is 0 Å². The van der Waals surface area contributed by atoms with Gasteiger partial charge in [-0.05, 0) is 26.0 Å². The Morgan fingerprint density at radius 3 is 2.82 bits per heavy atom. The molecule has 0 aliphatic carbocycles. The fraction of sp³-hybridized carbons (Fsp3) is 0.357. The molecular weight excluding hydrogens is 216 g/mol. The summed E-state index contributed by atoms with van der Waals surface area (Å²) in [6, 6.07) is 9.60. The predicted molar refractivity (Wildman–Crippen MR) is 63.2 cm³/mol. The zero-order chi connectivity index (χ0) is 12.3. The maximum Gasteiger partial charge on any atom is 0.339 e. The van der Waals surface area contributed by atoms with Crippen LogP contribution in [0.3, 0.4) is 0 Å². The normalized spacial score (nSPS) is 25.6. The molecule has 1 aromatic rings. The zero-order valence-electron chi connectivity index (χ0n) is 9.90. The highest BCUT2D eigenvalue weighted by atomic mass is 16.7. The molecule has 1 aromatic carbocycles. The topological polar surface area (TPSA) is 38.8 Å². The van der Waals surface area contributed by atoms with Crippen LogP contribution in [0, 0.1) is 11.8 Å². The molecule has 2 atom stereocenters. The standard InChI is InChI=1S/C14H14O3/c1-3-16-13(15)12-14(2,17-12)10-9-11-7-5-4-6-8-11/h4-8,12H,3H2,1-2H3/t12-,14-/m1/s1. The van der Waals surface area contributed by atoms with Crippen LogP contribution in [0.15, 0.2) is 30.3 Å². The van der Waals surface area contributed by atoms with Crippen molar-refractivity contribution < 1.29 is 14.3 Å². The van der Waals surface area contributed by atoms with Crippen molar-refractivity contribution in [3.05, 3.63) is 35.9 Å². The van der Waals surface area contributed by atoms with Crippen LogP contribution in [-0.4, -0.2) is 24.3 Å². The van der Waals surface area contributed by atoms with Gasteiger partial charge in [-0.3, -0.25) is 0 Å². The molecule has 88 valence electrons. The van der Waals surface area contributed by atoms with Gasteiger partial charge >= 0.3 is 5.97 Å². The maximum atomic E-state index is 11.4. The van der Waals surface area contributed by atoms with Gasteiger partial charge in [0.25, 0.3) is 0 Å². The van der Waals surface area contributed by atoms with Crippen LogP contribution in [0.5, 0.6) is 0 Å². The van der Waals surface area contributed by atoms with E-state index in [2.05, 4.69) is 11.8 Å². The van der Waals surface area contributed by atoms with Crippen LogP contribution in [0.1, 0.15) is 19.4 Å². The van der Waals surface area contributed by atoms with Gasteiger partial charge in [0.05, 0.1) is 6.61 Å². The summed E-state index contributed by atoms with van der Waals surface area (Å²) in [5.41, 5.74) is 0.217. The lowest BCUT2D eigenvalue weighted by molar-refractivity contribution is -0.144. The number of benzene rings is 1. The number of rotatable bonds is 2. The molecule has 1 fully saturated rings. The van der Waals surface area contributed by atoms with E-state index in [1.165, 1.54) is 0 Å². The number of esters is 1. The van der Waals surface area contributed by atoms with Crippen LogP contribution in [-0.2, 0) is 14.3 Å². The summed E-state index contributed by atoms with van der Waals surface area (Å²) in [6.07, 6.45) is -0.543. The van der Waals surface area contributed by atoms with Gasteiger partial charge in [-0.1, -0.05) is 30.0 Å². The Morgan fingerprint density at radius 2 is 2.18 bits per heavy atom. The Labute approximate surface area is 101 Å². The van der Waals surface area contributed by atoms with Gasteiger partial charge < -0.3 is 9.47 Å². The minimum Gasteiger partial charge on any atom is -0.464 e. The third-order valence-electron chi connectivity index (χ3n) is 2.54. The average molecular weight is 230 g/mol. The molecule has 0 N–H and O–H groups in total.